The van der Waals surface area contributed by atoms with Crippen molar-refractivity contribution in [1.82, 2.24) is 14.5 Å². The van der Waals surface area contributed by atoms with Gasteiger partial charge in [-0.2, -0.15) is 0 Å². The minimum Gasteiger partial charge on any atom is -0.465 e. The van der Waals surface area contributed by atoms with Gasteiger partial charge >= 0.3 is 6.09 Å². The molecule has 3 aliphatic heterocycles. The molecule has 0 aromatic carbocycles. The monoisotopic (exact) mass is 233 g/mol. The van der Waals surface area contributed by atoms with Gasteiger partial charge in [0.1, 0.15) is 5.54 Å². The van der Waals surface area contributed by atoms with Crippen molar-refractivity contribution in [3.05, 3.63) is 23.9 Å². The Balaban J connectivity index is 2.24. The number of amides is 1. The first-order chi connectivity index (χ1) is 7.88. The van der Waals surface area contributed by atoms with Crippen LogP contribution in [0.1, 0.15) is 32.9 Å². The molecule has 1 saturated heterocycles. The van der Waals surface area contributed by atoms with Crippen molar-refractivity contribution < 1.29 is 9.90 Å². The quantitative estimate of drug-likeness (QED) is 0.748. The molecule has 1 fully saturated rings. The van der Waals surface area contributed by atoms with Gasteiger partial charge in [0.05, 0.1) is 18.2 Å². The maximum atomic E-state index is 11.4. The van der Waals surface area contributed by atoms with Crippen LogP contribution in [0.25, 0.3) is 6.20 Å². The zero-order valence-corrected chi connectivity index (χ0v) is 10.1. The van der Waals surface area contributed by atoms with E-state index in [1.54, 1.807) is 12.5 Å². The van der Waals surface area contributed by atoms with E-state index >= 15 is 0 Å². The minimum absolute atomic E-state index is 0.166. The van der Waals surface area contributed by atoms with Crippen LogP contribution in [0.4, 0.5) is 4.79 Å². The normalized spacial score (nSPS) is 26.1. The Morgan fingerprint density at radius 1 is 1.53 bits per heavy atom. The molecule has 0 spiro atoms. The summed E-state index contributed by atoms with van der Waals surface area (Å²) >= 11 is 0. The Bertz CT molecular complexity index is 538. The topological polar surface area (TPSA) is 58.4 Å². The summed E-state index contributed by atoms with van der Waals surface area (Å²) in [5.41, 5.74) is 1.17. The molecule has 90 valence electrons. The molecule has 4 heterocycles. The summed E-state index contributed by atoms with van der Waals surface area (Å²) in [4.78, 5) is 17.1. The van der Waals surface area contributed by atoms with Crippen molar-refractivity contribution >= 4 is 12.3 Å². The Labute approximate surface area is 99.4 Å². The van der Waals surface area contributed by atoms with Crippen LogP contribution < -0.4 is 0 Å². The first-order valence-corrected chi connectivity index (χ1v) is 5.64. The highest BCUT2D eigenvalue weighted by molar-refractivity contribution is 5.75. The number of aromatic nitrogens is 2. The van der Waals surface area contributed by atoms with Crippen LogP contribution in [0, 0.1) is 5.41 Å². The molecule has 4 rings (SSSR count). The number of carbonyl (C=O) groups is 1. The van der Waals surface area contributed by atoms with Crippen LogP contribution >= 0.6 is 0 Å². The lowest BCUT2D eigenvalue weighted by atomic mass is 9.62. The van der Waals surface area contributed by atoms with E-state index in [0.717, 1.165) is 17.8 Å². The van der Waals surface area contributed by atoms with Gasteiger partial charge in [-0.05, 0) is 5.41 Å². The maximum absolute atomic E-state index is 11.4. The fraction of sp³-hybridized carbons (Fsp3) is 0.500. The molecular weight excluding hydrogens is 218 g/mol. The third-order valence-corrected chi connectivity index (χ3v) is 3.92. The fourth-order valence-corrected chi connectivity index (χ4v) is 3.04. The molecule has 1 aromatic rings. The lowest BCUT2D eigenvalue weighted by Gasteiger charge is -2.61. The first kappa shape index (κ1) is 10.4. The van der Waals surface area contributed by atoms with Crippen molar-refractivity contribution in [3.63, 3.8) is 0 Å². The van der Waals surface area contributed by atoms with E-state index in [1.807, 2.05) is 10.8 Å². The summed E-state index contributed by atoms with van der Waals surface area (Å²) in [6.07, 6.45) is 5.24. The van der Waals surface area contributed by atoms with Gasteiger partial charge in [0.25, 0.3) is 0 Å². The Morgan fingerprint density at radius 3 is 2.82 bits per heavy atom. The number of nitrogens with zero attached hydrogens (tertiary/aromatic N) is 3. The van der Waals surface area contributed by atoms with Gasteiger partial charge in [0, 0.05) is 18.3 Å². The van der Waals surface area contributed by atoms with Crippen LogP contribution in [-0.2, 0) is 5.54 Å². The summed E-state index contributed by atoms with van der Waals surface area (Å²) in [6, 6.07) is 0. The van der Waals surface area contributed by atoms with Crippen LogP contribution in [0.5, 0.6) is 0 Å². The Morgan fingerprint density at radius 2 is 2.24 bits per heavy atom. The van der Waals surface area contributed by atoms with Gasteiger partial charge in [-0.15, -0.1) is 0 Å². The zero-order valence-electron chi connectivity index (χ0n) is 10.1. The lowest BCUT2D eigenvalue weighted by molar-refractivity contribution is -0.0481. The second-order valence-corrected chi connectivity index (χ2v) is 5.71. The molecule has 1 N–H and O–H groups in total. The first-order valence-electron chi connectivity index (χ1n) is 5.64. The van der Waals surface area contributed by atoms with Crippen LogP contribution in [-0.4, -0.2) is 25.7 Å². The fourth-order valence-electron chi connectivity index (χ4n) is 3.04. The van der Waals surface area contributed by atoms with E-state index in [2.05, 4.69) is 25.8 Å². The second kappa shape index (κ2) is 2.72. The molecule has 5 nitrogen and oxygen atoms in total. The van der Waals surface area contributed by atoms with Crippen LogP contribution in [0.3, 0.4) is 0 Å². The van der Waals surface area contributed by atoms with Crippen molar-refractivity contribution in [2.75, 3.05) is 0 Å². The van der Waals surface area contributed by atoms with Crippen molar-refractivity contribution in [1.29, 1.82) is 0 Å². The highest BCUT2D eigenvalue weighted by atomic mass is 16.4. The summed E-state index contributed by atoms with van der Waals surface area (Å²) in [6.45, 7) is 6.22. The molecule has 2 bridgehead atoms. The Hall–Kier alpha value is -1.78. The van der Waals surface area contributed by atoms with Gasteiger partial charge in [0.2, 0.25) is 0 Å². The molecule has 1 amide bonds. The molecule has 1 aromatic heterocycles. The standard InChI is InChI=1S/C12H15N3O2/c1-11(2,3)12-4-8(15(12)10(16)17)6-14-7-13-5-9(12)14/h5-7H,4H2,1-3H3,(H,16,17). The average molecular weight is 233 g/mol. The summed E-state index contributed by atoms with van der Waals surface area (Å²) in [5, 5.41) is 9.39. The zero-order chi connectivity index (χ0) is 12.4. The van der Waals surface area contributed by atoms with Crippen molar-refractivity contribution in [3.8, 4) is 0 Å². The van der Waals surface area contributed by atoms with Crippen molar-refractivity contribution in [2.24, 2.45) is 5.41 Å². The third-order valence-electron chi connectivity index (χ3n) is 3.92. The van der Waals surface area contributed by atoms with E-state index in [4.69, 9.17) is 0 Å². The molecule has 0 radical (unpaired) electrons. The van der Waals surface area contributed by atoms with E-state index in [1.165, 1.54) is 4.90 Å². The van der Waals surface area contributed by atoms with Crippen LogP contribution in [0.15, 0.2) is 18.2 Å². The number of hydrogen-bond acceptors (Lipinski definition) is 2. The lowest BCUT2D eigenvalue weighted by Crippen LogP contribution is -2.66. The molecule has 17 heavy (non-hydrogen) atoms. The number of hydrogen-bond donors (Lipinski definition) is 1. The summed E-state index contributed by atoms with van der Waals surface area (Å²) < 4.78 is 1.93. The molecule has 0 saturated carbocycles. The van der Waals surface area contributed by atoms with Crippen LogP contribution in [0.2, 0.25) is 0 Å². The van der Waals surface area contributed by atoms with E-state index < -0.39 is 11.6 Å². The highest BCUT2D eigenvalue weighted by Gasteiger charge is 2.62. The number of rotatable bonds is 0. The Kier molecular flexibility index (Phi) is 1.66. The smallest absolute Gasteiger partial charge is 0.412 e. The van der Waals surface area contributed by atoms with Gasteiger partial charge in [-0.1, -0.05) is 20.8 Å². The van der Waals surface area contributed by atoms with E-state index in [-0.39, 0.29) is 5.41 Å². The van der Waals surface area contributed by atoms with Gasteiger partial charge < -0.3 is 9.67 Å². The molecule has 1 unspecified atom stereocenters. The summed E-state index contributed by atoms with van der Waals surface area (Å²) in [5.74, 6) is 0. The number of imidazole rings is 1. The maximum Gasteiger partial charge on any atom is 0.412 e. The molecule has 1 atom stereocenters. The largest absolute Gasteiger partial charge is 0.465 e. The molecule has 5 heteroatoms. The average Bonchev–Trinajstić information content (AvgIpc) is 2.60. The SMILES string of the molecule is CC(C)(C)C12CC(=Cn3cncc31)N2C(=O)O. The molecule has 0 aliphatic carbocycles. The second-order valence-electron chi connectivity index (χ2n) is 5.71. The minimum atomic E-state index is -0.884. The van der Waals surface area contributed by atoms with Gasteiger partial charge in [-0.3, -0.25) is 4.90 Å². The predicted molar refractivity (Wildman–Crippen MR) is 62.1 cm³/mol. The van der Waals surface area contributed by atoms with Gasteiger partial charge in [0.15, 0.2) is 0 Å². The van der Waals surface area contributed by atoms with Crippen molar-refractivity contribution in [2.45, 2.75) is 32.7 Å². The molecule has 3 aliphatic rings. The summed E-state index contributed by atoms with van der Waals surface area (Å²) in [7, 11) is 0. The highest BCUT2D eigenvalue weighted by Crippen LogP contribution is 2.59. The van der Waals surface area contributed by atoms with E-state index in [0.29, 0.717) is 0 Å². The molecular formula is C12H15N3O2. The van der Waals surface area contributed by atoms with Gasteiger partial charge in [-0.25, -0.2) is 9.78 Å². The van der Waals surface area contributed by atoms with E-state index in [9.17, 15) is 9.90 Å². The third kappa shape index (κ3) is 0.994. The number of carboxylic acid groups (broad SMARTS) is 1. The predicted octanol–water partition coefficient (Wildman–Crippen LogP) is 2.32.